The van der Waals surface area contributed by atoms with E-state index in [1.165, 1.54) is 37.8 Å². The second kappa shape index (κ2) is 7.36. The molecule has 1 atom stereocenters. The first-order chi connectivity index (χ1) is 13.3. The molecule has 9 heteroatoms. The van der Waals surface area contributed by atoms with E-state index in [9.17, 15) is 18.3 Å². The molecule has 2 fully saturated rings. The van der Waals surface area contributed by atoms with Crippen molar-refractivity contribution in [2.75, 3.05) is 17.4 Å². The molecule has 0 aromatic heterocycles. The SMILES string of the molecule is O=C1CN(c2c(O)ccc(C3=C[C@@H](CCC4CCCC4)NC3)c2F)S(=O)(=O)N1. The molecule has 1 saturated carbocycles. The average molecular weight is 409 g/mol. The third-order valence-electron chi connectivity index (χ3n) is 5.83. The molecule has 1 aromatic rings. The van der Waals surface area contributed by atoms with Crippen molar-refractivity contribution in [1.29, 1.82) is 0 Å². The molecular weight excluding hydrogens is 385 g/mol. The lowest BCUT2D eigenvalue weighted by Gasteiger charge is -2.18. The summed E-state index contributed by atoms with van der Waals surface area (Å²) in [6.45, 7) is -0.0853. The van der Waals surface area contributed by atoms with Crippen LogP contribution in [0.4, 0.5) is 10.1 Å². The van der Waals surface area contributed by atoms with E-state index in [0.29, 0.717) is 10.8 Å². The van der Waals surface area contributed by atoms with Gasteiger partial charge < -0.3 is 10.4 Å². The van der Waals surface area contributed by atoms with Crippen molar-refractivity contribution in [3.05, 3.63) is 29.6 Å². The fraction of sp³-hybridized carbons (Fsp3) is 0.526. The van der Waals surface area contributed by atoms with Crippen LogP contribution in [0.2, 0.25) is 0 Å². The lowest BCUT2D eigenvalue weighted by Crippen LogP contribution is -2.30. The lowest BCUT2D eigenvalue weighted by molar-refractivity contribution is -0.117. The average Bonchev–Trinajstić information content (AvgIpc) is 3.34. The van der Waals surface area contributed by atoms with Gasteiger partial charge >= 0.3 is 10.2 Å². The van der Waals surface area contributed by atoms with Crippen LogP contribution in [0.15, 0.2) is 18.2 Å². The monoisotopic (exact) mass is 409 g/mol. The number of amides is 1. The molecule has 0 radical (unpaired) electrons. The van der Waals surface area contributed by atoms with E-state index in [1.807, 2.05) is 6.08 Å². The van der Waals surface area contributed by atoms with Crippen molar-refractivity contribution in [3.63, 3.8) is 0 Å². The highest BCUT2D eigenvalue weighted by molar-refractivity contribution is 7.92. The van der Waals surface area contributed by atoms with Gasteiger partial charge in [0.15, 0.2) is 5.82 Å². The van der Waals surface area contributed by atoms with E-state index < -0.39 is 39.9 Å². The van der Waals surface area contributed by atoms with Crippen molar-refractivity contribution in [2.24, 2.45) is 5.92 Å². The Labute approximate surface area is 163 Å². The normalized spacial score (nSPS) is 24.6. The van der Waals surface area contributed by atoms with Crippen LogP contribution in [-0.2, 0) is 15.0 Å². The zero-order valence-corrected chi connectivity index (χ0v) is 16.3. The Hall–Kier alpha value is -2.13. The summed E-state index contributed by atoms with van der Waals surface area (Å²) >= 11 is 0. The number of anilines is 1. The minimum atomic E-state index is -4.20. The molecule has 1 amide bonds. The number of aromatic hydroxyl groups is 1. The van der Waals surface area contributed by atoms with Gasteiger partial charge in [0.2, 0.25) is 0 Å². The molecule has 0 bridgehead atoms. The molecule has 2 aliphatic heterocycles. The molecule has 152 valence electrons. The Balaban J connectivity index is 1.57. The summed E-state index contributed by atoms with van der Waals surface area (Å²) in [7, 11) is -4.20. The highest BCUT2D eigenvalue weighted by Crippen LogP contribution is 2.38. The first-order valence-corrected chi connectivity index (χ1v) is 11.1. The smallest absolute Gasteiger partial charge is 0.326 e. The van der Waals surface area contributed by atoms with Gasteiger partial charge in [0.25, 0.3) is 5.91 Å². The molecule has 28 heavy (non-hydrogen) atoms. The molecule has 4 rings (SSSR count). The molecular formula is C19H24FN3O4S. The number of nitrogens with one attached hydrogen (secondary N) is 2. The first kappa shape index (κ1) is 19.2. The predicted molar refractivity (Wildman–Crippen MR) is 103 cm³/mol. The Morgan fingerprint density at radius 3 is 2.64 bits per heavy atom. The van der Waals surface area contributed by atoms with Gasteiger partial charge in [-0.1, -0.05) is 31.8 Å². The number of hydrogen-bond donors (Lipinski definition) is 3. The number of halogens is 1. The summed E-state index contributed by atoms with van der Waals surface area (Å²) in [6.07, 6.45) is 9.30. The molecule has 3 N–H and O–H groups in total. The standard InChI is InChI=1S/C19H24FN3O4S/c20-18-15(13-9-14(21-10-13)6-5-12-3-1-2-4-12)7-8-16(24)19(18)23-11-17(25)22-28(23,26)27/h7-9,12,14,21,24H,1-6,10-11H2,(H,22,25)/t14-/m1/s1. The van der Waals surface area contributed by atoms with Crippen LogP contribution in [0.5, 0.6) is 5.75 Å². The molecule has 3 aliphatic rings. The second-order valence-corrected chi connectivity index (χ2v) is 9.33. The molecule has 0 spiro atoms. The number of nitrogens with zero attached hydrogens (tertiary/aromatic N) is 1. The van der Waals surface area contributed by atoms with Gasteiger partial charge in [0.1, 0.15) is 18.0 Å². The van der Waals surface area contributed by atoms with Crippen LogP contribution >= 0.6 is 0 Å². The molecule has 7 nitrogen and oxygen atoms in total. The van der Waals surface area contributed by atoms with E-state index in [4.69, 9.17) is 0 Å². The Kier molecular flexibility index (Phi) is 5.05. The molecule has 1 saturated heterocycles. The third kappa shape index (κ3) is 3.60. The lowest BCUT2D eigenvalue weighted by atomic mass is 9.98. The van der Waals surface area contributed by atoms with Crippen LogP contribution in [0.1, 0.15) is 44.1 Å². The number of rotatable bonds is 5. The van der Waals surface area contributed by atoms with Gasteiger partial charge in [-0.2, -0.15) is 8.42 Å². The van der Waals surface area contributed by atoms with Crippen LogP contribution in [0, 0.1) is 11.7 Å². The minimum absolute atomic E-state index is 0.158. The quantitative estimate of drug-likeness (QED) is 0.691. The van der Waals surface area contributed by atoms with E-state index in [1.54, 1.807) is 4.72 Å². The van der Waals surface area contributed by atoms with Crippen LogP contribution in [0.25, 0.3) is 5.57 Å². The number of carbonyl (C=O) groups excluding carboxylic acids is 1. The van der Waals surface area contributed by atoms with Crippen molar-refractivity contribution in [2.45, 2.75) is 44.6 Å². The van der Waals surface area contributed by atoms with Crippen molar-refractivity contribution >= 4 is 27.4 Å². The second-order valence-electron chi connectivity index (χ2n) is 7.74. The molecule has 0 unspecified atom stereocenters. The number of phenols is 1. The van der Waals surface area contributed by atoms with Crippen LogP contribution < -0.4 is 14.3 Å². The van der Waals surface area contributed by atoms with Gasteiger partial charge in [0.05, 0.1) is 0 Å². The summed E-state index contributed by atoms with van der Waals surface area (Å²) in [5.74, 6) is -1.35. The molecule has 1 aromatic carbocycles. The van der Waals surface area contributed by atoms with E-state index in [-0.39, 0.29) is 11.6 Å². The summed E-state index contributed by atoms with van der Waals surface area (Å²) in [5.41, 5.74) is 0.468. The highest BCUT2D eigenvalue weighted by Gasteiger charge is 2.38. The van der Waals surface area contributed by atoms with E-state index in [0.717, 1.165) is 24.3 Å². The predicted octanol–water partition coefficient (Wildman–Crippen LogP) is 2.04. The Bertz CT molecular complexity index is 925. The topological polar surface area (TPSA) is 98.7 Å². The summed E-state index contributed by atoms with van der Waals surface area (Å²) in [6, 6.07) is 2.86. The van der Waals surface area contributed by atoms with Gasteiger partial charge in [-0.3, -0.25) is 4.79 Å². The largest absolute Gasteiger partial charge is 0.506 e. The van der Waals surface area contributed by atoms with Crippen molar-refractivity contribution in [3.8, 4) is 5.75 Å². The first-order valence-electron chi connectivity index (χ1n) is 9.64. The summed E-state index contributed by atoms with van der Waals surface area (Å²) < 4.78 is 41.7. The third-order valence-corrected chi connectivity index (χ3v) is 7.21. The summed E-state index contributed by atoms with van der Waals surface area (Å²) in [5, 5.41) is 13.4. The molecule has 1 aliphatic carbocycles. The Morgan fingerprint density at radius 1 is 1.21 bits per heavy atom. The van der Waals surface area contributed by atoms with Crippen molar-refractivity contribution in [1.82, 2.24) is 10.0 Å². The van der Waals surface area contributed by atoms with Crippen LogP contribution in [0.3, 0.4) is 0 Å². The maximum absolute atomic E-state index is 15.2. The van der Waals surface area contributed by atoms with E-state index in [2.05, 4.69) is 5.32 Å². The zero-order valence-electron chi connectivity index (χ0n) is 15.4. The van der Waals surface area contributed by atoms with Crippen LogP contribution in [-0.4, -0.2) is 38.6 Å². The molecule has 2 heterocycles. The van der Waals surface area contributed by atoms with Gasteiger partial charge in [-0.25, -0.2) is 13.4 Å². The van der Waals surface area contributed by atoms with Crippen molar-refractivity contribution < 1.29 is 22.7 Å². The fourth-order valence-electron chi connectivity index (χ4n) is 4.37. The van der Waals surface area contributed by atoms with Gasteiger partial charge in [-0.15, -0.1) is 0 Å². The maximum Gasteiger partial charge on any atom is 0.326 e. The van der Waals surface area contributed by atoms with Gasteiger partial charge in [-0.05, 0) is 36.5 Å². The Morgan fingerprint density at radius 2 is 1.96 bits per heavy atom. The zero-order chi connectivity index (χ0) is 19.9. The minimum Gasteiger partial charge on any atom is -0.506 e. The van der Waals surface area contributed by atoms with E-state index >= 15 is 4.39 Å². The number of hydrogen-bond acceptors (Lipinski definition) is 5. The summed E-state index contributed by atoms with van der Waals surface area (Å²) in [4.78, 5) is 11.5. The van der Waals surface area contributed by atoms with Gasteiger partial charge in [0, 0.05) is 18.2 Å². The maximum atomic E-state index is 15.2. The number of benzene rings is 1. The number of phenolic OH excluding ortho intramolecular Hbond substituents is 1. The fourth-order valence-corrected chi connectivity index (χ4v) is 5.54. The number of carbonyl (C=O) groups is 1. The highest BCUT2D eigenvalue weighted by atomic mass is 32.2.